The van der Waals surface area contributed by atoms with Gasteiger partial charge in [0.25, 0.3) is 5.56 Å². The molecule has 1 saturated carbocycles. The molecule has 2 aromatic heterocycles. The van der Waals surface area contributed by atoms with Crippen LogP contribution in [0.3, 0.4) is 0 Å². The van der Waals surface area contributed by atoms with E-state index in [0.29, 0.717) is 12.2 Å². The van der Waals surface area contributed by atoms with Crippen LogP contribution in [0.15, 0.2) is 89.7 Å². The van der Waals surface area contributed by atoms with Gasteiger partial charge in [0.05, 0.1) is 18.7 Å². The highest BCUT2D eigenvalue weighted by molar-refractivity contribution is 5.80. The molecular formula is C36H41N7O2. The maximum Gasteiger partial charge on any atom is 0.253 e. The third kappa shape index (κ3) is 6.15. The first kappa shape index (κ1) is 29.4. The highest BCUT2D eigenvalue weighted by atomic mass is 16.5. The van der Waals surface area contributed by atoms with Crippen molar-refractivity contribution in [2.45, 2.75) is 57.2 Å². The predicted octanol–water partition coefficient (Wildman–Crippen LogP) is 5.92. The predicted molar refractivity (Wildman–Crippen MR) is 175 cm³/mol. The van der Waals surface area contributed by atoms with Gasteiger partial charge in [0, 0.05) is 42.6 Å². The van der Waals surface area contributed by atoms with Crippen molar-refractivity contribution in [1.82, 2.24) is 35.0 Å². The normalized spacial score (nSPS) is 17.6. The Morgan fingerprint density at radius 2 is 1.47 bits per heavy atom. The Hall–Kier alpha value is -4.34. The number of nitrogens with zero attached hydrogens (tertiary/aromatic N) is 6. The van der Waals surface area contributed by atoms with Gasteiger partial charge in [-0.3, -0.25) is 14.6 Å². The number of benzene rings is 3. The highest BCUT2D eigenvalue weighted by Gasteiger charge is 2.36. The lowest BCUT2D eigenvalue weighted by Crippen LogP contribution is -2.50. The molecule has 2 fully saturated rings. The molecule has 1 N–H and O–H groups in total. The van der Waals surface area contributed by atoms with E-state index in [2.05, 4.69) is 91.0 Å². The van der Waals surface area contributed by atoms with E-state index in [9.17, 15) is 4.79 Å². The molecule has 0 radical (unpaired) electrons. The van der Waals surface area contributed by atoms with Crippen LogP contribution in [0.1, 0.15) is 79.7 Å². The van der Waals surface area contributed by atoms with Gasteiger partial charge >= 0.3 is 0 Å². The Morgan fingerprint density at radius 3 is 2.11 bits per heavy atom. The summed E-state index contributed by atoms with van der Waals surface area (Å²) >= 11 is 0. The van der Waals surface area contributed by atoms with Gasteiger partial charge in [-0.1, -0.05) is 79.9 Å². The van der Waals surface area contributed by atoms with Gasteiger partial charge in [0.1, 0.15) is 11.8 Å². The number of ether oxygens (including phenoxy) is 1. The maximum absolute atomic E-state index is 13.9. The van der Waals surface area contributed by atoms with E-state index in [-0.39, 0.29) is 23.7 Å². The van der Waals surface area contributed by atoms with Crippen LogP contribution in [-0.4, -0.2) is 67.8 Å². The molecule has 5 aromatic rings. The van der Waals surface area contributed by atoms with Crippen molar-refractivity contribution in [3.63, 3.8) is 0 Å². The van der Waals surface area contributed by atoms with Gasteiger partial charge in [-0.25, -0.2) is 4.68 Å². The summed E-state index contributed by atoms with van der Waals surface area (Å²) in [6, 6.07) is 29.3. The fraction of sp³-hybridized carbons (Fsp3) is 0.389. The molecule has 3 aromatic carbocycles. The van der Waals surface area contributed by atoms with Gasteiger partial charge < -0.3 is 9.72 Å². The lowest BCUT2D eigenvalue weighted by molar-refractivity contribution is 0.0845. The third-order valence-electron chi connectivity index (χ3n) is 9.44. The number of pyridine rings is 1. The summed E-state index contributed by atoms with van der Waals surface area (Å²) in [6.07, 6.45) is 5.70. The maximum atomic E-state index is 13.9. The van der Waals surface area contributed by atoms with E-state index in [4.69, 9.17) is 4.74 Å². The highest BCUT2D eigenvalue weighted by Crippen LogP contribution is 2.35. The van der Waals surface area contributed by atoms with Gasteiger partial charge in [0.2, 0.25) is 0 Å². The van der Waals surface area contributed by atoms with E-state index < -0.39 is 0 Å². The van der Waals surface area contributed by atoms with Crippen LogP contribution in [0, 0.1) is 0 Å². The average Bonchev–Trinajstić information content (AvgIpc) is 3.57. The first-order valence-corrected chi connectivity index (χ1v) is 16.3. The van der Waals surface area contributed by atoms with Gasteiger partial charge in [0.15, 0.2) is 5.82 Å². The molecule has 0 bridgehead atoms. The summed E-state index contributed by atoms with van der Waals surface area (Å²) in [5.41, 5.74) is 3.91. The van der Waals surface area contributed by atoms with Crippen molar-refractivity contribution < 1.29 is 4.74 Å². The van der Waals surface area contributed by atoms with Crippen LogP contribution in [0.4, 0.5) is 0 Å². The number of H-pyrrole nitrogens is 1. The minimum absolute atomic E-state index is 0.108. The quantitative estimate of drug-likeness (QED) is 0.224. The van der Waals surface area contributed by atoms with Crippen LogP contribution >= 0.6 is 0 Å². The van der Waals surface area contributed by atoms with E-state index in [1.54, 1.807) is 0 Å². The van der Waals surface area contributed by atoms with Crippen molar-refractivity contribution in [2.75, 3.05) is 32.8 Å². The minimum Gasteiger partial charge on any atom is -0.494 e. The molecule has 1 aliphatic carbocycles. The summed E-state index contributed by atoms with van der Waals surface area (Å²) in [5, 5.41) is 14.3. The molecule has 3 heterocycles. The zero-order valence-corrected chi connectivity index (χ0v) is 25.9. The van der Waals surface area contributed by atoms with Gasteiger partial charge in [-0.15, -0.1) is 5.10 Å². The Morgan fingerprint density at radius 1 is 0.822 bits per heavy atom. The van der Waals surface area contributed by atoms with Crippen molar-refractivity contribution in [3.8, 4) is 5.75 Å². The number of rotatable bonds is 9. The second-order valence-corrected chi connectivity index (χ2v) is 12.2. The van der Waals surface area contributed by atoms with Crippen LogP contribution in [0.2, 0.25) is 0 Å². The Bertz CT molecular complexity index is 1720. The fourth-order valence-electron chi connectivity index (χ4n) is 7.27. The Kier molecular flexibility index (Phi) is 8.71. The van der Waals surface area contributed by atoms with Crippen molar-refractivity contribution in [3.05, 3.63) is 118 Å². The van der Waals surface area contributed by atoms with E-state index in [0.717, 1.165) is 61.5 Å². The summed E-state index contributed by atoms with van der Waals surface area (Å²) in [4.78, 5) is 22.0. The van der Waals surface area contributed by atoms with E-state index >= 15 is 0 Å². The second-order valence-electron chi connectivity index (χ2n) is 12.2. The lowest BCUT2D eigenvalue weighted by Gasteiger charge is -2.42. The molecule has 9 nitrogen and oxygen atoms in total. The smallest absolute Gasteiger partial charge is 0.253 e. The van der Waals surface area contributed by atoms with E-state index in [1.165, 1.54) is 30.4 Å². The van der Waals surface area contributed by atoms with Crippen molar-refractivity contribution in [2.24, 2.45) is 0 Å². The molecule has 45 heavy (non-hydrogen) atoms. The number of tetrazole rings is 1. The minimum atomic E-state index is -0.375. The lowest BCUT2D eigenvalue weighted by atomic mass is 9.94. The first-order chi connectivity index (χ1) is 22.2. The molecule has 0 amide bonds. The van der Waals surface area contributed by atoms with Crippen molar-refractivity contribution in [1.29, 1.82) is 0 Å². The summed E-state index contributed by atoms with van der Waals surface area (Å²) in [5.74, 6) is 1.54. The zero-order chi connectivity index (χ0) is 30.6. The summed E-state index contributed by atoms with van der Waals surface area (Å²) in [7, 11) is 0. The fourth-order valence-corrected chi connectivity index (χ4v) is 7.27. The van der Waals surface area contributed by atoms with Crippen molar-refractivity contribution >= 4 is 10.9 Å². The molecular weight excluding hydrogens is 562 g/mol. The molecule has 9 heteroatoms. The number of aromatic amines is 1. The molecule has 1 atom stereocenters. The molecule has 232 valence electrons. The number of hydrogen-bond donors (Lipinski definition) is 1. The first-order valence-electron chi connectivity index (χ1n) is 16.3. The monoisotopic (exact) mass is 603 g/mol. The number of aromatic nitrogens is 5. The molecule has 1 saturated heterocycles. The second kappa shape index (κ2) is 13.3. The van der Waals surface area contributed by atoms with Crippen LogP contribution in [-0.2, 0) is 0 Å². The number of fused-ring (bicyclic) bond motifs is 1. The largest absolute Gasteiger partial charge is 0.494 e. The molecule has 0 unspecified atom stereocenters. The topological polar surface area (TPSA) is 92.2 Å². The van der Waals surface area contributed by atoms with Crippen LogP contribution in [0.5, 0.6) is 5.75 Å². The van der Waals surface area contributed by atoms with Crippen LogP contribution < -0.4 is 10.3 Å². The number of piperazine rings is 1. The molecule has 7 rings (SSSR count). The molecule has 2 aliphatic rings. The SMILES string of the molecule is CCOc1ccc2[nH]c(=O)c([C@H](c3nnnn3C3CCCCC3)N3CCN(C(c4ccccc4)c4ccccc4)CC3)cc2c1. The summed E-state index contributed by atoms with van der Waals surface area (Å²) < 4.78 is 7.82. The zero-order valence-electron chi connectivity index (χ0n) is 25.9. The van der Waals surface area contributed by atoms with E-state index in [1.807, 2.05) is 35.9 Å². The third-order valence-corrected chi connectivity index (χ3v) is 9.44. The summed E-state index contributed by atoms with van der Waals surface area (Å²) in [6.45, 7) is 5.79. The number of nitrogens with one attached hydrogen (secondary N) is 1. The average molecular weight is 604 g/mol. The molecule has 0 spiro atoms. The van der Waals surface area contributed by atoms with Gasteiger partial charge in [-0.05, 0) is 65.6 Å². The Balaban J connectivity index is 1.25. The van der Waals surface area contributed by atoms with Gasteiger partial charge in [-0.2, -0.15) is 0 Å². The standard InChI is InChI=1S/C36H41N7O2/c1-2-45-30-18-19-32-28(24-30)25-31(36(44)37-32)34(35-38-39-40-43(35)29-16-10-5-11-17-29)42-22-20-41(21-23-42)33(26-12-6-3-7-13-26)27-14-8-4-9-15-27/h3-4,6-9,12-15,18-19,24-25,29,33-34H,2,5,10-11,16-17,20-23H2,1H3,(H,37,44)/t34-/m1/s1. The number of hydrogen-bond acceptors (Lipinski definition) is 7. The van der Waals surface area contributed by atoms with Crippen LogP contribution in [0.25, 0.3) is 10.9 Å². The molecule has 1 aliphatic heterocycles. The Labute approximate surface area is 263 Å².